The minimum atomic E-state index is 0.114. The molecule has 0 radical (unpaired) electrons. The van der Waals surface area contributed by atoms with Crippen molar-refractivity contribution >= 4 is 23.3 Å². The highest BCUT2D eigenvalue weighted by Crippen LogP contribution is 2.28. The maximum atomic E-state index is 13.0. The molecular weight excluding hydrogens is 332 g/mol. The first-order chi connectivity index (χ1) is 12.3. The fourth-order valence-corrected chi connectivity index (χ4v) is 4.09. The van der Waals surface area contributed by atoms with E-state index in [0.717, 1.165) is 41.3 Å². The summed E-state index contributed by atoms with van der Waals surface area (Å²) in [5.74, 6) is 1.28. The van der Waals surface area contributed by atoms with Crippen LogP contribution in [0.3, 0.4) is 0 Å². The number of fused-ring (bicyclic) bond motifs is 1. The number of amides is 1. The molecule has 1 unspecified atom stereocenters. The Morgan fingerprint density at radius 2 is 2.00 bits per heavy atom. The van der Waals surface area contributed by atoms with E-state index in [1.54, 1.807) is 11.8 Å². The van der Waals surface area contributed by atoms with E-state index in [0.29, 0.717) is 6.54 Å². The molecule has 6 heteroatoms. The van der Waals surface area contributed by atoms with Crippen LogP contribution >= 0.6 is 11.8 Å². The van der Waals surface area contributed by atoms with Crippen LogP contribution in [0.2, 0.25) is 0 Å². The number of hydrogen-bond acceptors (Lipinski definition) is 4. The van der Waals surface area contributed by atoms with E-state index in [1.807, 2.05) is 64.2 Å². The molecular formula is C19H20N4OS. The minimum absolute atomic E-state index is 0.114. The lowest BCUT2D eigenvalue weighted by atomic mass is 9.96. The molecule has 25 heavy (non-hydrogen) atoms. The summed E-state index contributed by atoms with van der Waals surface area (Å²) >= 11 is 1.61. The zero-order chi connectivity index (χ0) is 17.2. The normalized spacial score (nSPS) is 17.8. The van der Waals surface area contributed by atoms with Gasteiger partial charge in [0, 0.05) is 30.1 Å². The van der Waals surface area contributed by atoms with Crippen molar-refractivity contribution in [1.29, 1.82) is 0 Å². The Labute approximate surface area is 151 Å². The second-order valence-corrected chi connectivity index (χ2v) is 7.13. The van der Waals surface area contributed by atoms with Crippen LogP contribution in [0.1, 0.15) is 34.9 Å². The van der Waals surface area contributed by atoms with Crippen LogP contribution in [0, 0.1) is 0 Å². The minimum Gasteiger partial charge on any atom is -0.338 e. The second kappa shape index (κ2) is 6.88. The fraction of sp³-hybridized carbons (Fsp3) is 0.316. The summed E-state index contributed by atoms with van der Waals surface area (Å²) in [7, 11) is 0. The van der Waals surface area contributed by atoms with Gasteiger partial charge in [-0.05, 0) is 43.4 Å². The van der Waals surface area contributed by atoms with Crippen molar-refractivity contribution in [2.24, 2.45) is 0 Å². The standard InChI is InChI=1S/C19H20N4OS/c1-25-16-9-3-2-8-15(16)19(24)22-11-6-7-14(13-22)18-21-20-17-10-4-5-12-23(17)18/h2-5,8-10,12,14H,6-7,11,13H2,1H3. The number of hydrogen-bond donors (Lipinski definition) is 0. The molecule has 1 aromatic carbocycles. The van der Waals surface area contributed by atoms with Gasteiger partial charge in [-0.25, -0.2) is 0 Å². The summed E-state index contributed by atoms with van der Waals surface area (Å²) in [6.45, 7) is 1.49. The van der Waals surface area contributed by atoms with E-state index < -0.39 is 0 Å². The van der Waals surface area contributed by atoms with Crippen molar-refractivity contribution in [2.75, 3.05) is 19.3 Å². The Hall–Kier alpha value is -2.34. The zero-order valence-electron chi connectivity index (χ0n) is 14.1. The average Bonchev–Trinajstić information content (AvgIpc) is 3.11. The molecule has 5 nitrogen and oxygen atoms in total. The van der Waals surface area contributed by atoms with Gasteiger partial charge in [0.15, 0.2) is 5.65 Å². The Morgan fingerprint density at radius 3 is 2.88 bits per heavy atom. The Morgan fingerprint density at radius 1 is 1.16 bits per heavy atom. The third kappa shape index (κ3) is 3.02. The van der Waals surface area contributed by atoms with Crippen molar-refractivity contribution in [3.63, 3.8) is 0 Å². The largest absolute Gasteiger partial charge is 0.338 e. The predicted molar refractivity (Wildman–Crippen MR) is 99.1 cm³/mol. The first kappa shape index (κ1) is 16.1. The lowest BCUT2D eigenvalue weighted by Gasteiger charge is -2.32. The summed E-state index contributed by atoms with van der Waals surface area (Å²) < 4.78 is 2.04. The van der Waals surface area contributed by atoms with Gasteiger partial charge in [0.05, 0.1) is 5.56 Å². The molecule has 1 fully saturated rings. The fourth-order valence-electron chi connectivity index (χ4n) is 3.50. The monoisotopic (exact) mass is 352 g/mol. The smallest absolute Gasteiger partial charge is 0.255 e. The topological polar surface area (TPSA) is 50.5 Å². The molecule has 1 saturated heterocycles. The van der Waals surface area contributed by atoms with Gasteiger partial charge in [-0.3, -0.25) is 9.20 Å². The van der Waals surface area contributed by atoms with Crippen LogP contribution in [0.15, 0.2) is 53.6 Å². The van der Waals surface area contributed by atoms with E-state index in [4.69, 9.17) is 0 Å². The highest BCUT2D eigenvalue weighted by Gasteiger charge is 2.29. The summed E-state index contributed by atoms with van der Waals surface area (Å²) in [4.78, 5) is 16.0. The van der Waals surface area contributed by atoms with Crippen LogP contribution in [0.5, 0.6) is 0 Å². The third-order valence-electron chi connectivity index (χ3n) is 4.75. The maximum absolute atomic E-state index is 13.0. The van der Waals surface area contributed by atoms with Gasteiger partial charge in [-0.2, -0.15) is 0 Å². The number of pyridine rings is 1. The molecule has 0 aliphatic carbocycles. The van der Waals surface area contributed by atoms with E-state index in [2.05, 4.69) is 10.2 Å². The number of thioether (sulfide) groups is 1. The van der Waals surface area contributed by atoms with Crippen LogP contribution in [-0.4, -0.2) is 44.8 Å². The van der Waals surface area contributed by atoms with Crippen molar-refractivity contribution in [3.05, 3.63) is 60.0 Å². The first-order valence-corrected chi connectivity index (χ1v) is 9.72. The van der Waals surface area contributed by atoms with Gasteiger partial charge in [0.2, 0.25) is 0 Å². The summed E-state index contributed by atoms with van der Waals surface area (Å²) in [6, 6.07) is 13.7. The highest BCUT2D eigenvalue weighted by molar-refractivity contribution is 7.98. The molecule has 1 atom stereocenters. The van der Waals surface area contributed by atoms with Gasteiger partial charge < -0.3 is 4.90 Å². The quantitative estimate of drug-likeness (QED) is 0.677. The molecule has 3 aromatic rings. The maximum Gasteiger partial charge on any atom is 0.255 e. The molecule has 2 aromatic heterocycles. The molecule has 128 valence electrons. The lowest BCUT2D eigenvalue weighted by molar-refractivity contribution is 0.0700. The summed E-state index contributed by atoms with van der Waals surface area (Å²) in [6.07, 6.45) is 6.02. The Balaban J connectivity index is 1.60. The number of aromatic nitrogens is 3. The summed E-state index contributed by atoms with van der Waals surface area (Å²) in [5.41, 5.74) is 1.65. The van der Waals surface area contributed by atoms with Crippen LogP contribution in [0.25, 0.3) is 5.65 Å². The van der Waals surface area contributed by atoms with Crippen LogP contribution in [-0.2, 0) is 0 Å². The van der Waals surface area contributed by atoms with Gasteiger partial charge in [0.1, 0.15) is 5.82 Å². The van der Waals surface area contributed by atoms with Crippen molar-refractivity contribution in [1.82, 2.24) is 19.5 Å². The number of nitrogens with zero attached hydrogens (tertiary/aromatic N) is 4. The number of likely N-dealkylation sites (tertiary alicyclic amines) is 1. The Kier molecular flexibility index (Phi) is 4.44. The number of piperidine rings is 1. The van der Waals surface area contributed by atoms with Gasteiger partial charge in [-0.15, -0.1) is 22.0 Å². The molecule has 1 amide bonds. The van der Waals surface area contributed by atoms with Gasteiger partial charge >= 0.3 is 0 Å². The molecule has 1 aliphatic heterocycles. The predicted octanol–water partition coefficient (Wildman–Crippen LogP) is 3.47. The SMILES string of the molecule is CSc1ccccc1C(=O)N1CCCC(c2nnc3ccccn23)C1. The Bertz CT molecular complexity index is 907. The van der Waals surface area contributed by atoms with Crippen LogP contribution in [0.4, 0.5) is 0 Å². The summed E-state index contributed by atoms with van der Waals surface area (Å²) in [5, 5.41) is 8.65. The van der Waals surface area contributed by atoms with Crippen LogP contribution < -0.4 is 0 Å². The zero-order valence-corrected chi connectivity index (χ0v) is 14.9. The molecule has 0 saturated carbocycles. The number of carbonyl (C=O) groups excluding carboxylic acids is 1. The number of carbonyl (C=O) groups is 1. The van der Waals surface area contributed by atoms with E-state index in [-0.39, 0.29) is 11.8 Å². The molecule has 1 aliphatic rings. The molecule has 0 bridgehead atoms. The first-order valence-electron chi connectivity index (χ1n) is 8.50. The van der Waals surface area contributed by atoms with E-state index in [1.165, 1.54) is 0 Å². The average molecular weight is 352 g/mol. The van der Waals surface area contributed by atoms with Gasteiger partial charge in [0.25, 0.3) is 5.91 Å². The number of rotatable bonds is 3. The molecule has 0 spiro atoms. The van der Waals surface area contributed by atoms with E-state index >= 15 is 0 Å². The second-order valence-electron chi connectivity index (χ2n) is 6.28. The molecule has 4 rings (SSSR count). The van der Waals surface area contributed by atoms with Crippen molar-refractivity contribution < 1.29 is 4.79 Å². The van der Waals surface area contributed by atoms with Crippen molar-refractivity contribution in [3.8, 4) is 0 Å². The van der Waals surface area contributed by atoms with E-state index in [9.17, 15) is 4.79 Å². The molecule has 3 heterocycles. The number of benzene rings is 1. The van der Waals surface area contributed by atoms with Crippen molar-refractivity contribution in [2.45, 2.75) is 23.7 Å². The lowest BCUT2D eigenvalue weighted by Crippen LogP contribution is -2.39. The highest BCUT2D eigenvalue weighted by atomic mass is 32.2. The third-order valence-corrected chi connectivity index (χ3v) is 5.55. The molecule has 0 N–H and O–H groups in total. The van der Waals surface area contributed by atoms with Gasteiger partial charge in [-0.1, -0.05) is 18.2 Å².